The standard InChI is InChI=1S/C19H16ClN3O3/c20-15-6-3-7-16(11-15)21-19(25)23-22-18(24)12-26-17-9-8-13-4-1-2-5-14(13)10-17/h1-11H,12H2,(H,22,24)(H2,21,23,25). The molecule has 0 saturated carbocycles. The fourth-order valence-corrected chi connectivity index (χ4v) is 2.49. The molecule has 3 aromatic carbocycles. The largest absolute Gasteiger partial charge is 0.484 e. The van der Waals surface area contributed by atoms with E-state index < -0.39 is 11.9 Å². The van der Waals surface area contributed by atoms with Crippen LogP contribution in [0.1, 0.15) is 0 Å². The Morgan fingerprint density at radius 3 is 2.50 bits per heavy atom. The number of hydrogen-bond acceptors (Lipinski definition) is 3. The van der Waals surface area contributed by atoms with Crippen molar-refractivity contribution in [1.29, 1.82) is 0 Å². The summed E-state index contributed by atoms with van der Waals surface area (Å²) in [5.74, 6) is 0.0848. The maximum atomic E-state index is 11.8. The normalized spacial score (nSPS) is 10.2. The minimum absolute atomic E-state index is 0.226. The first-order valence-electron chi connectivity index (χ1n) is 7.83. The number of carbonyl (C=O) groups is 2. The minimum atomic E-state index is -0.591. The number of amides is 3. The number of halogens is 1. The zero-order valence-corrected chi connectivity index (χ0v) is 14.4. The van der Waals surface area contributed by atoms with Gasteiger partial charge in [0.25, 0.3) is 5.91 Å². The van der Waals surface area contributed by atoms with Gasteiger partial charge in [-0.2, -0.15) is 0 Å². The molecule has 3 aromatic rings. The van der Waals surface area contributed by atoms with Crippen molar-refractivity contribution in [2.24, 2.45) is 0 Å². The van der Waals surface area contributed by atoms with Crippen molar-refractivity contribution in [2.75, 3.05) is 11.9 Å². The summed E-state index contributed by atoms with van der Waals surface area (Å²) in [6, 6.07) is 19.5. The number of hydrazine groups is 1. The van der Waals surface area contributed by atoms with Crippen LogP contribution in [0.5, 0.6) is 5.75 Å². The van der Waals surface area contributed by atoms with Gasteiger partial charge in [0.2, 0.25) is 0 Å². The zero-order chi connectivity index (χ0) is 18.4. The lowest BCUT2D eigenvalue weighted by molar-refractivity contribution is -0.123. The summed E-state index contributed by atoms with van der Waals surface area (Å²) >= 11 is 5.83. The molecule has 0 aliphatic carbocycles. The summed E-state index contributed by atoms with van der Waals surface area (Å²) in [5.41, 5.74) is 5.02. The quantitative estimate of drug-likeness (QED) is 0.613. The maximum Gasteiger partial charge on any atom is 0.337 e. The molecular formula is C19H16ClN3O3. The Kier molecular flexibility index (Phi) is 5.56. The van der Waals surface area contributed by atoms with E-state index in [2.05, 4.69) is 16.2 Å². The summed E-state index contributed by atoms with van der Waals surface area (Å²) in [4.78, 5) is 23.5. The Balaban J connectivity index is 1.45. The topological polar surface area (TPSA) is 79.5 Å². The molecule has 0 spiro atoms. The molecule has 7 heteroatoms. The number of ether oxygens (including phenoxy) is 1. The van der Waals surface area contributed by atoms with Crippen molar-refractivity contribution >= 4 is 40.0 Å². The van der Waals surface area contributed by atoms with Gasteiger partial charge in [-0.25, -0.2) is 10.2 Å². The van der Waals surface area contributed by atoms with Crippen LogP contribution in [0.2, 0.25) is 5.02 Å². The van der Waals surface area contributed by atoms with E-state index in [1.165, 1.54) is 0 Å². The lowest BCUT2D eigenvalue weighted by Gasteiger charge is -2.10. The summed E-state index contributed by atoms with van der Waals surface area (Å²) in [7, 11) is 0. The first-order valence-corrected chi connectivity index (χ1v) is 8.21. The van der Waals surface area contributed by atoms with Crippen molar-refractivity contribution < 1.29 is 14.3 Å². The van der Waals surface area contributed by atoms with Gasteiger partial charge in [0.1, 0.15) is 5.75 Å². The van der Waals surface area contributed by atoms with E-state index in [9.17, 15) is 9.59 Å². The molecule has 0 saturated heterocycles. The Hall–Kier alpha value is -3.25. The van der Waals surface area contributed by atoms with E-state index in [4.69, 9.17) is 16.3 Å². The molecule has 0 bridgehead atoms. The average Bonchev–Trinajstić information content (AvgIpc) is 2.64. The van der Waals surface area contributed by atoms with Crippen molar-refractivity contribution in [2.45, 2.75) is 0 Å². The maximum absolute atomic E-state index is 11.8. The number of fused-ring (bicyclic) bond motifs is 1. The van der Waals surface area contributed by atoms with Crippen molar-refractivity contribution in [3.63, 3.8) is 0 Å². The number of anilines is 1. The lowest BCUT2D eigenvalue weighted by Crippen LogP contribution is -2.45. The molecule has 0 aliphatic rings. The summed E-state index contributed by atoms with van der Waals surface area (Å²) < 4.78 is 5.44. The van der Waals surface area contributed by atoms with Crippen LogP contribution in [0.4, 0.5) is 10.5 Å². The van der Waals surface area contributed by atoms with Gasteiger partial charge in [-0.05, 0) is 41.1 Å². The summed E-state index contributed by atoms with van der Waals surface area (Å²) in [6.07, 6.45) is 0. The Morgan fingerprint density at radius 2 is 1.69 bits per heavy atom. The van der Waals surface area contributed by atoms with E-state index in [1.54, 1.807) is 30.3 Å². The van der Waals surface area contributed by atoms with Crippen LogP contribution >= 0.6 is 11.6 Å². The monoisotopic (exact) mass is 369 g/mol. The third-order valence-corrected chi connectivity index (χ3v) is 3.72. The Morgan fingerprint density at radius 1 is 0.885 bits per heavy atom. The second-order valence-corrected chi connectivity index (χ2v) is 5.87. The predicted molar refractivity (Wildman–Crippen MR) is 101 cm³/mol. The fraction of sp³-hybridized carbons (Fsp3) is 0.0526. The number of nitrogens with one attached hydrogen (secondary N) is 3. The number of hydrogen-bond donors (Lipinski definition) is 3. The van der Waals surface area contributed by atoms with E-state index in [-0.39, 0.29) is 6.61 Å². The van der Waals surface area contributed by atoms with Gasteiger partial charge in [-0.3, -0.25) is 10.2 Å². The summed E-state index contributed by atoms with van der Waals surface area (Å²) in [6.45, 7) is -0.226. The number of carbonyl (C=O) groups excluding carboxylic acids is 2. The fourth-order valence-electron chi connectivity index (χ4n) is 2.30. The zero-order valence-electron chi connectivity index (χ0n) is 13.7. The molecule has 3 rings (SSSR count). The van der Waals surface area contributed by atoms with E-state index in [0.717, 1.165) is 10.8 Å². The highest BCUT2D eigenvalue weighted by Gasteiger charge is 2.06. The van der Waals surface area contributed by atoms with Crippen molar-refractivity contribution in [3.05, 3.63) is 71.8 Å². The Labute approximate surface area is 155 Å². The van der Waals surface area contributed by atoms with Gasteiger partial charge in [0.15, 0.2) is 6.61 Å². The SMILES string of the molecule is O=C(COc1ccc2ccccc2c1)NNC(=O)Nc1cccc(Cl)c1. The van der Waals surface area contributed by atoms with Crippen LogP contribution < -0.4 is 20.9 Å². The van der Waals surface area contributed by atoms with E-state index >= 15 is 0 Å². The molecule has 0 aliphatic heterocycles. The lowest BCUT2D eigenvalue weighted by atomic mass is 10.1. The molecule has 0 atom stereocenters. The highest BCUT2D eigenvalue weighted by atomic mass is 35.5. The molecule has 26 heavy (non-hydrogen) atoms. The molecule has 6 nitrogen and oxygen atoms in total. The molecule has 132 valence electrons. The summed E-state index contributed by atoms with van der Waals surface area (Å²) in [5, 5.41) is 5.14. The van der Waals surface area contributed by atoms with Gasteiger partial charge in [0, 0.05) is 10.7 Å². The molecule has 0 aromatic heterocycles. The Bertz CT molecular complexity index is 946. The smallest absolute Gasteiger partial charge is 0.337 e. The van der Waals surface area contributed by atoms with Gasteiger partial charge >= 0.3 is 6.03 Å². The first-order chi connectivity index (χ1) is 12.6. The van der Waals surface area contributed by atoms with Crippen LogP contribution in [0.15, 0.2) is 66.7 Å². The third-order valence-electron chi connectivity index (χ3n) is 3.49. The molecule has 3 N–H and O–H groups in total. The van der Waals surface area contributed by atoms with Crippen molar-refractivity contribution in [3.8, 4) is 5.75 Å². The third kappa shape index (κ3) is 4.87. The average molecular weight is 370 g/mol. The van der Waals surface area contributed by atoms with Gasteiger partial charge < -0.3 is 10.1 Å². The van der Waals surface area contributed by atoms with Crippen LogP contribution in [0.25, 0.3) is 10.8 Å². The first kappa shape index (κ1) is 17.6. The van der Waals surface area contributed by atoms with Gasteiger partial charge in [0.05, 0.1) is 0 Å². The highest BCUT2D eigenvalue weighted by molar-refractivity contribution is 6.30. The predicted octanol–water partition coefficient (Wildman–Crippen LogP) is 3.72. The molecule has 3 amide bonds. The van der Waals surface area contributed by atoms with Crippen LogP contribution in [0.3, 0.4) is 0 Å². The van der Waals surface area contributed by atoms with E-state index in [0.29, 0.717) is 16.5 Å². The number of urea groups is 1. The molecule has 0 unspecified atom stereocenters. The number of rotatable bonds is 4. The van der Waals surface area contributed by atoms with Crippen LogP contribution in [0, 0.1) is 0 Å². The van der Waals surface area contributed by atoms with Crippen LogP contribution in [-0.2, 0) is 4.79 Å². The molecule has 0 radical (unpaired) electrons. The second-order valence-electron chi connectivity index (χ2n) is 5.44. The van der Waals surface area contributed by atoms with Crippen molar-refractivity contribution in [1.82, 2.24) is 10.9 Å². The van der Waals surface area contributed by atoms with Gasteiger partial charge in [-0.1, -0.05) is 48.0 Å². The van der Waals surface area contributed by atoms with Gasteiger partial charge in [-0.15, -0.1) is 0 Å². The second kappa shape index (κ2) is 8.22. The molecule has 0 fully saturated rings. The van der Waals surface area contributed by atoms with Crippen LogP contribution in [-0.4, -0.2) is 18.5 Å². The van der Waals surface area contributed by atoms with E-state index in [1.807, 2.05) is 36.4 Å². The minimum Gasteiger partial charge on any atom is -0.484 e. The molecule has 0 heterocycles. The molecular weight excluding hydrogens is 354 g/mol. The number of benzene rings is 3. The highest BCUT2D eigenvalue weighted by Crippen LogP contribution is 2.20.